The molecule has 13 heavy (non-hydrogen) atoms. The fourth-order valence-corrected chi connectivity index (χ4v) is 4.28. The number of allylic oxidation sites excluding steroid dienone is 1. The molecule has 1 radical (unpaired) electrons. The summed E-state index contributed by atoms with van der Waals surface area (Å²) in [6.07, 6.45) is 10.2. The van der Waals surface area contributed by atoms with Gasteiger partial charge in [0.1, 0.15) is 5.60 Å². The standard InChI is InChI=1S/C12H17O/c1-11-7-3-2-5-9(11)12(13)8-4-6-10(11)12/h2,5,9-10H,3-4,6-8H2,1H3/t9?,10?,11-,12+/m0/s1. The van der Waals surface area contributed by atoms with E-state index in [4.69, 9.17) is 0 Å². The molecule has 0 spiro atoms. The lowest BCUT2D eigenvalue weighted by atomic mass is 9.43. The van der Waals surface area contributed by atoms with Gasteiger partial charge in [-0.2, -0.15) is 0 Å². The molecule has 0 bridgehead atoms. The van der Waals surface area contributed by atoms with E-state index < -0.39 is 5.60 Å². The van der Waals surface area contributed by atoms with Gasteiger partial charge in [0, 0.05) is 5.92 Å². The Bertz CT molecular complexity index is 270. The molecule has 2 saturated carbocycles. The maximum Gasteiger partial charge on any atom is 0.114 e. The van der Waals surface area contributed by atoms with Crippen molar-refractivity contribution in [2.45, 2.75) is 44.6 Å². The second-order valence-electron chi connectivity index (χ2n) is 5.35. The maximum absolute atomic E-state index is 12.4. The van der Waals surface area contributed by atoms with Crippen molar-refractivity contribution in [2.24, 2.45) is 17.3 Å². The summed E-state index contributed by atoms with van der Waals surface area (Å²) in [6.45, 7) is 2.34. The van der Waals surface area contributed by atoms with E-state index in [-0.39, 0.29) is 0 Å². The fraction of sp³-hybridized carbons (Fsp3) is 0.833. The quantitative estimate of drug-likeness (QED) is 0.507. The van der Waals surface area contributed by atoms with Crippen LogP contribution in [0.3, 0.4) is 0 Å². The van der Waals surface area contributed by atoms with Gasteiger partial charge in [-0.25, -0.2) is 5.11 Å². The second kappa shape index (κ2) is 2.20. The van der Waals surface area contributed by atoms with Crippen molar-refractivity contribution in [3.05, 3.63) is 12.2 Å². The number of fused-ring (bicyclic) bond motifs is 4. The highest BCUT2D eigenvalue weighted by Crippen LogP contribution is 2.68. The van der Waals surface area contributed by atoms with Gasteiger partial charge in [0.25, 0.3) is 0 Å². The summed E-state index contributed by atoms with van der Waals surface area (Å²) in [5, 5.41) is 12.4. The van der Waals surface area contributed by atoms with Crippen molar-refractivity contribution in [1.29, 1.82) is 0 Å². The molecule has 2 unspecified atom stereocenters. The van der Waals surface area contributed by atoms with Gasteiger partial charge in [0.15, 0.2) is 0 Å². The minimum Gasteiger partial charge on any atom is -0.228 e. The molecule has 0 aromatic rings. The molecule has 1 heteroatoms. The van der Waals surface area contributed by atoms with E-state index in [9.17, 15) is 5.11 Å². The van der Waals surface area contributed by atoms with E-state index >= 15 is 0 Å². The fourth-order valence-electron chi connectivity index (χ4n) is 4.28. The van der Waals surface area contributed by atoms with Gasteiger partial charge in [0.2, 0.25) is 0 Å². The van der Waals surface area contributed by atoms with Crippen molar-refractivity contribution in [3.8, 4) is 0 Å². The summed E-state index contributed by atoms with van der Waals surface area (Å²) >= 11 is 0. The first-order chi connectivity index (χ1) is 6.18. The summed E-state index contributed by atoms with van der Waals surface area (Å²) in [7, 11) is 0. The summed E-state index contributed by atoms with van der Waals surface area (Å²) in [4.78, 5) is 0. The highest BCUT2D eigenvalue weighted by Gasteiger charge is 2.69. The minimum atomic E-state index is -0.550. The molecular weight excluding hydrogens is 160 g/mol. The van der Waals surface area contributed by atoms with Crippen LogP contribution < -0.4 is 0 Å². The SMILES string of the molecule is C[C@]12CCC=CC1[C@]1([O])CCCC21. The maximum atomic E-state index is 12.4. The minimum absolute atomic E-state index is 0.362. The zero-order valence-corrected chi connectivity index (χ0v) is 8.25. The Kier molecular flexibility index (Phi) is 1.36. The molecule has 1 nitrogen and oxygen atoms in total. The van der Waals surface area contributed by atoms with Crippen LogP contribution in [0.25, 0.3) is 0 Å². The smallest absolute Gasteiger partial charge is 0.114 e. The van der Waals surface area contributed by atoms with Crippen molar-refractivity contribution in [2.75, 3.05) is 0 Å². The Balaban J connectivity index is 2.01. The third-order valence-electron chi connectivity index (χ3n) is 4.86. The van der Waals surface area contributed by atoms with Gasteiger partial charge in [-0.05, 0) is 37.0 Å². The lowest BCUT2D eigenvalue weighted by molar-refractivity contribution is -0.247. The van der Waals surface area contributed by atoms with Gasteiger partial charge in [-0.1, -0.05) is 25.5 Å². The summed E-state index contributed by atoms with van der Waals surface area (Å²) in [5.41, 5.74) is -0.168. The average molecular weight is 177 g/mol. The molecule has 3 rings (SSSR count). The van der Waals surface area contributed by atoms with Crippen LogP contribution in [-0.2, 0) is 5.11 Å². The van der Waals surface area contributed by atoms with Crippen LogP contribution in [-0.4, -0.2) is 5.60 Å². The van der Waals surface area contributed by atoms with Gasteiger partial charge in [-0.15, -0.1) is 0 Å². The molecule has 0 N–H and O–H groups in total. The Morgan fingerprint density at radius 2 is 2.23 bits per heavy atom. The lowest BCUT2D eigenvalue weighted by Crippen LogP contribution is -2.65. The van der Waals surface area contributed by atoms with Gasteiger partial charge < -0.3 is 0 Å². The molecule has 3 aliphatic rings. The van der Waals surface area contributed by atoms with E-state index in [1.807, 2.05) is 0 Å². The average Bonchev–Trinajstić information content (AvgIpc) is 2.45. The zero-order chi connectivity index (χ0) is 9.10. The topological polar surface area (TPSA) is 19.9 Å². The molecule has 0 aromatic heterocycles. The number of hydrogen-bond acceptors (Lipinski definition) is 0. The first kappa shape index (κ1) is 8.05. The van der Waals surface area contributed by atoms with Crippen LogP contribution in [0.5, 0.6) is 0 Å². The normalized spacial score (nSPS) is 58.3. The van der Waals surface area contributed by atoms with Crippen LogP contribution in [0.4, 0.5) is 0 Å². The van der Waals surface area contributed by atoms with Crippen molar-refractivity contribution < 1.29 is 5.11 Å². The van der Waals surface area contributed by atoms with E-state index in [2.05, 4.69) is 19.1 Å². The van der Waals surface area contributed by atoms with E-state index in [0.29, 0.717) is 17.3 Å². The van der Waals surface area contributed by atoms with Gasteiger partial charge in [0.05, 0.1) is 0 Å². The Labute approximate surface area is 79.8 Å². The number of hydrogen-bond donors (Lipinski definition) is 0. The van der Waals surface area contributed by atoms with Crippen molar-refractivity contribution >= 4 is 0 Å². The van der Waals surface area contributed by atoms with Gasteiger partial charge >= 0.3 is 0 Å². The highest BCUT2D eigenvalue weighted by atomic mass is 16.3. The molecule has 0 amide bonds. The molecule has 0 heterocycles. The largest absolute Gasteiger partial charge is 0.228 e. The van der Waals surface area contributed by atoms with Crippen molar-refractivity contribution in [1.82, 2.24) is 0 Å². The Morgan fingerprint density at radius 3 is 3.08 bits per heavy atom. The van der Waals surface area contributed by atoms with Crippen LogP contribution in [0, 0.1) is 17.3 Å². The lowest BCUT2D eigenvalue weighted by Gasteiger charge is -2.62. The van der Waals surface area contributed by atoms with Crippen LogP contribution >= 0.6 is 0 Å². The summed E-state index contributed by atoms with van der Waals surface area (Å²) in [5.74, 6) is 0.858. The molecule has 71 valence electrons. The van der Waals surface area contributed by atoms with Crippen molar-refractivity contribution in [3.63, 3.8) is 0 Å². The predicted octanol–water partition coefficient (Wildman–Crippen LogP) is 2.94. The van der Waals surface area contributed by atoms with Gasteiger partial charge in [-0.3, -0.25) is 0 Å². The van der Waals surface area contributed by atoms with Crippen LogP contribution in [0.15, 0.2) is 12.2 Å². The summed E-state index contributed by atoms with van der Waals surface area (Å²) < 4.78 is 0. The number of rotatable bonds is 0. The van der Waals surface area contributed by atoms with Crippen LogP contribution in [0.2, 0.25) is 0 Å². The highest BCUT2D eigenvalue weighted by molar-refractivity contribution is 5.25. The molecule has 0 aromatic carbocycles. The monoisotopic (exact) mass is 177 g/mol. The van der Waals surface area contributed by atoms with E-state index in [0.717, 1.165) is 6.42 Å². The second-order valence-corrected chi connectivity index (χ2v) is 5.35. The molecular formula is C12H17O. The van der Waals surface area contributed by atoms with Crippen LogP contribution in [0.1, 0.15) is 39.0 Å². The molecule has 3 aliphatic carbocycles. The predicted molar refractivity (Wildman–Crippen MR) is 50.7 cm³/mol. The first-order valence-electron chi connectivity index (χ1n) is 5.55. The molecule has 0 saturated heterocycles. The Morgan fingerprint density at radius 1 is 1.38 bits per heavy atom. The Hall–Kier alpha value is -0.300. The van der Waals surface area contributed by atoms with E-state index in [1.165, 1.54) is 25.7 Å². The third kappa shape index (κ3) is 0.735. The van der Waals surface area contributed by atoms with E-state index in [1.54, 1.807) is 0 Å². The summed E-state index contributed by atoms with van der Waals surface area (Å²) in [6, 6.07) is 0. The third-order valence-corrected chi connectivity index (χ3v) is 4.86. The first-order valence-corrected chi connectivity index (χ1v) is 5.55. The zero-order valence-electron chi connectivity index (χ0n) is 8.25. The molecule has 2 fully saturated rings. The molecule has 4 atom stereocenters. The molecule has 0 aliphatic heterocycles.